The molecule has 0 saturated heterocycles. The Hall–Kier alpha value is -2.43. The number of aryl methyl sites for hydroxylation is 1. The lowest BCUT2D eigenvalue weighted by Crippen LogP contribution is -2.36. The number of carbonyl (C=O) groups is 1. The van der Waals surface area contributed by atoms with Crippen molar-refractivity contribution in [2.24, 2.45) is 0 Å². The van der Waals surface area contributed by atoms with Gasteiger partial charge in [0, 0.05) is 23.8 Å². The predicted molar refractivity (Wildman–Crippen MR) is 79.5 cm³/mol. The Bertz CT molecular complexity index is 535. The van der Waals surface area contributed by atoms with Crippen LogP contribution in [0.4, 0.5) is 16.2 Å². The number of nitrogens with two attached hydrogens (primary N) is 1. The highest BCUT2D eigenvalue weighted by Crippen LogP contribution is 2.10. The van der Waals surface area contributed by atoms with Gasteiger partial charge in [0.2, 0.25) is 0 Å². The lowest BCUT2D eigenvalue weighted by Gasteiger charge is -2.14. The largest absolute Gasteiger partial charge is 0.469 e. The quantitative estimate of drug-likeness (QED) is 0.732. The van der Waals surface area contributed by atoms with Crippen LogP contribution in [-0.4, -0.2) is 12.1 Å². The molecule has 0 bridgehead atoms. The standard InChI is InChI=1S/C15H19N3O2/c1-11(4-9-14-3-2-10-20-14)17-15(19)18-13-7-5-12(16)6-8-13/h2-3,5-8,10-11H,4,9,16H2,1H3,(H2,17,18,19). The Morgan fingerprint density at radius 2 is 2.05 bits per heavy atom. The van der Waals surface area contributed by atoms with Gasteiger partial charge in [-0.3, -0.25) is 0 Å². The number of carbonyl (C=O) groups excluding carboxylic acids is 1. The molecule has 1 aromatic heterocycles. The third-order valence-corrected chi connectivity index (χ3v) is 2.95. The zero-order chi connectivity index (χ0) is 14.4. The summed E-state index contributed by atoms with van der Waals surface area (Å²) in [6.45, 7) is 1.96. The van der Waals surface area contributed by atoms with Crippen molar-refractivity contribution in [3.63, 3.8) is 0 Å². The van der Waals surface area contributed by atoms with Crippen LogP contribution in [0, 0.1) is 0 Å². The molecule has 0 aliphatic rings. The first-order valence-electron chi connectivity index (χ1n) is 6.59. The molecule has 1 atom stereocenters. The lowest BCUT2D eigenvalue weighted by atomic mass is 10.1. The van der Waals surface area contributed by atoms with Crippen molar-refractivity contribution in [2.75, 3.05) is 11.1 Å². The molecule has 2 amide bonds. The monoisotopic (exact) mass is 273 g/mol. The Balaban J connectivity index is 1.74. The molecule has 0 aliphatic carbocycles. The Kier molecular flexibility index (Phi) is 4.65. The number of nitrogen functional groups attached to an aromatic ring is 1. The third kappa shape index (κ3) is 4.35. The summed E-state index contributed by atoms with van der Waals surface area (Å²) in [5.74, 6) is 0.928. The second-order valence-corrected chi connectivity index (χ2v) is 4.74. The van der Waals surface area contributed by atoms with E-state index in [2.05, 4.69) is 10.6 Å². The van der Waals surface area contributed by atoms with Gasteiger partial charge >= 0.3 is 6.03 Å². The number of nitrogens with one attached hydrogen (secondary N) is 2. The molecule has 0 radical (unpaired) electrons. The van der Waals surface area contributed by atoms with Crippen LogP contribution in [0.5, 0.6) is 0 Å². The lowest BCUT2D eigenvalue weighted by molar-refractivity contribution is 0.248. The molecule has 20 heavy (non-hydrogen) atoms. The Morgan fingerprint density at radius 3 is 2.70 bits per heavy atom. The highest BCUT2D eigenvalue weighted by Gasteiger charge is 2.08. The number of anilines is 2. The molecule has 0 spiro atoms. The molecule has 5 nitrogen and oxygen atoms in total. The van der Waals surface area contributed by atoms with Crippen molar-refractivity contribution < 1.29 is 9.21 Å². The minimum Gasteiger partial charge on any atom is -0.469 e. The fraction of sp³-hybridized carbons (Fsp3) is 0.267. The maximum absolute atomic E-state index is 11.8. The predicted octanol–water partition coefficient (Wildman–Crippen LogP) is 3.00. The second kappa shape index (κ2) is 6.65. The second-order valence-electron chi connectivity index (χ2n) is 4.74. The number of benzene rings is 1. The van der Waals surface area contributed by atoms with Gasteiger partial charge in [0.1, 0.15) is 5.76 Å². The van der Waals surface area contributed by atoms with Crippen molar-refractivity contribution in [1.82, 2.24) is 5.32 Å². The van der Waals surface area contributed by atoms with Gasteiger partial charge in [-0.1, -0.05) is 0 Å². The van der Waals surface area contributed by atoms with Crippen LogP contribution in [0.1, 0.15) is 19.1 Å². The highest BCUT2D eigenvalue weighted by molar-refractivity contribution is 5.89. The van der Waals surface area contributed by atoms with E-state index >= 15 is 0 Å². The molecule has 1 heterocycles. The summed E-state index contributed by atoms with van der Waals surface area (Å²) in [7, 11) is 0. The first kappa shape index (κ1) is 14.0. The maximum atomic E-state index is 11.8. The summed E-state index contributed by atoms with van der Waals surface area (Å²) in [5.41, 5.74) is 6.97. The van der Waals surface area contributed by atoms with Crippen LogP contribution in [0.25, 0.3) is 0 Å². The number of rotatable bonds is 5. The van der Waals surface area contributed by atoms with Crippen LogP contribution >= 0.6 is 0 Å². The minimum absolute atomic E-state index is 0.0638. The number of urea groups is 1. The van der Waals surface area contributed by atoms with Crippen molar-refractivity contribution in [1.29, 1.82) is 0 Å². The van der Waals surface area contributed by atoms with Gasteiger partial charge in [-0.25, -0.2) is 4.79 Å². The molecular weight excluding hydrogens is 254 g/mol. The van der Waals surface area contributed by atoms with Crippen LogP contribution in [0.3, 0.4) is 0 Å². The van der Waals surface area contributed by atoms with Crippen molar-refractivity contribution in [3.05, 3.63) is 48.4 Å². The molecule has 0 fully saturated rings. The van der Waals surface area contributed by atoms with Crippen LogP contribution in [0.15, 0.2) is 47.1 Å². The highest BCUT2D eigenvalue weighted by atomic mass is 16.3. The van der Waals surface area contributed by atoms with Gasteiger partial charge < -0.3 is 20.8 Å². The van der Waals surface area contributed by atoms with E-state index < -0.39 is 0 Å². The third-order valence-electron chi connectivity index (χ3n) is 2.95. The molecule has 1 aromatic carbocycles. The smallest absolute Gasteiger partial charge is 0.319 e. The van der Waals surface area contributed by atoms with Crippen molar-refractivity contribution in [3.8, 4) is 0 Å². The number of amides is 2. The summed E-state index contributed by atoms with van der Waals surface area (Å²) in [4.78, 5) is 11.8. The topological polar surface area (TPSA) is 80.3 Å². The number of hydrogen-bond donors (Lipinski definition) is 3. The van der Waals surface area contributed by atoms with Crippen LogP contribution in [-0.2, 0) is 6.42 Å². The Morgan fingerprint density at radius 1 is 1.30 bits per heavy atom. The van der Waals surface area contributed by atoms with E-state index in [4.69, 9.17) is 10.2 Å². The summed E-state index contributed by atoms with van der Waals surface area (Å²) in [5, 5.41) is 5.65. The maximum Gasteiger partial charge on any atom is 0.319 e. The summed E-state index contributed by atoms with van der Waals surface area (Å²) >= 11 is 0. The minimum atomic E-state index is -0.221. The molecule has 2 rings (SSSR count). The summed E-state index contributed by atoms with van der Waals surface area (Å²) in [6.07, 6.45) is 3.28. The first-order chi connectivity index (χ1) is 9.63. The SMILES string of the molecule is CC(CCc1ccco1)NC(=O)Nc1ccc(N)cc1. The van der Waals surface area contributed by atoms with Gasteiger partial charge in [0.05, 0.1) is 6.26 Å². The fourth-order valence-electron chi connectivity index (χ4n) is 1.84. The normalized spacial score (nSPS) is 11.8. The zero-order valence-corrected chi connectivity index (χ0v) is 11.4. The molecule has 106 valence electrons. The molecule has 0 saturated carbocycles. The van der Waals surface area contributed by atoms with Gasteiger partial charge in [-0.2, -0.15) is 0 Å². The van der Waals surface area contributed by atoms with Crippen molar-refractivity contribution in [2.45, 2.75) is 25.8 Å². The zero-order valence-electron chi connectivity index (χ0n) is 11.4. The molecule has 4 N–H and O–H groups in total. The van der Waals surface area contributed by atoms with E-state index in [-0.39, 0.29) is 12.1 Å². The van der Waals surface area contributed by atoms with E-state index in [9.17, 15) is 4.79 Å². The van der Waals surface area contributed by atoms with Gasteiger partial charge in [-0.05, 0) is 49.7 Å². The molecule has 2 aromatic rings. The first-order valence-corrected chi connectivity index (χ1v) is 6.59. The van der Waals surface area contributed by atoms with E-state index in [0.717, 1.165) is 24.3 Å². The van der Waals surface area contributed by atoms with E-state index in [0.29, 0.717) is 5.69 Å². The Labute approximate surface area is 118 Å². The van der Waals surface area contributed by atoms with Crippen LogP contribution in [0.2, 0.25) is 0 Å². The van der Waals surface area contributed by atoms with E-state index in [1.807, 2.05) is 19.1 Å². The van der Waals surface area contributed by atoms with Gasteiger partial charge in [0.15, 0.2) is 0 Å². The van der Waals surface area contributed by atoms with E-state index in [1.54, 1.807) is 30.5 Å². The van der Waals surface area contributed by atoms with Gasteiger partial charge in [0.25, 0.3) is 0 Å². The number of hydrogen-bond acceptors (Lipinski definition) is 3. The molecule has 1 unspecified atom stereocenters. The summed E-state index contributed by atoms with van der Waals surface area (Å²) in [6, 6.07) is 10.7. The van der Waals surface area contributed by atoms with Crippen molar-refractivity contribution >= 4 is 17.4 Å². The molecule has 0 aliphatic heterocycles. The van der Waals surface area contributed by atoms with Gasteiger partial charge in [-0.15, -0.1) is 0 Å². The summed E-state index contributed by atoms with van der Waals surface area (Å²) < 4.78 is 5.26. The van der Waals surface area contributed by atoms with Crippen LogP contribution < -0.4 is 16.4 Å². The van der Waals surface area contributed by atoms with E-state index in [1.165, 1.54) is 0 Å². The average Bonchev–Trinajstić information content (AvgIpc) is 2.92. The average molecular weight is 273 g/mol. The fourth-order valence-corrected chi connectivity index (χ4v) is 1.84. The molecule has 5 heteroatoms. The molecular formula is C15H19N3O2. The number of furan rings is 1.